The monoisotopic (exact) mass is 259 g/mol. The molecule has 102 valence electrons. The minimum atomic E-state index is 0.224. The van der Waals surface area contributed by atoms with E-state index in [2.05, 4.69) is 24.3 Å². The molecule has 1 heterocycles. The van der Waals surface area contributed by atoms with Crippen molar-refractivity contribution in [1.29, 1.82) is 0 Å². The van der Waals surface area contributed by atoms with Crippen molar-refractivity contribution in [1.82, 2.24) is 9.78 Å². The van der Waals surface area contributed by atoms with Gasteiger partial charge in [-0.3, -0.25) is 4.68 Å². The first kappa shape index (κ1) is 13.5. The Morgan fingerprint density at radius 1 is 1.26 bits per heavy atom. The first-order valence-electron chi connectivity index (χ1n) is 6.58. The summed E-state index contributed by atoms with van der Waals surface area (Å²) in [5.74, 6) is 0.298. The van der Waals surface area contributed by atoms with Gasteiger partial charge >= 0.3 is 0 Å². The minimum Gasteiger partial charge on any atom is -0.508 e. The van der Waals surface area contributed by atoms with Crippen LogP contribution in [0.5, 0.6) is 5.75 Å². The Bertz CT molecular complexity index is 558. The lowest BCUT2D eigenvalue weighted by molar-refractivity contribution is 0.475. The SMILES string of the molecule is CCC(Nc1c(C)nn(C)c1C)c1ccc(O)cc1. The topological polar surface area (TPSA) is 50.1 Å². The highest BCUT2D eigenvalue weighted by molar-refractivity contribution is 5.53. The summed E-state index contributed by atoms with van der Waals surface area (Å²) < 4.78 is 1.89. The molecule has 0 aliphatic heterocycles. The third-order valence-corrected chi connectivity index (χ3v) is 3.53. The summed E-state index contributed by atoms with van der Waals surface area (Å²) in [5.41, 5.74) is 4.41. The quantitative estimate of drug-likeness (QED) is 0.885. The molecule has 2 N–H and O–H groups in total. The maximum atomic E-state index is 9.36. The molecular formula is C15H21N3O. The standard InChI is InChI=1S/C15H21N3O/c1-5-14(12-6-8-13(19)9-7-12)16-15-10(2)17-18(4)11(15)3/h6-9,14,16,19H,5H2,1-4H3. The van der Waals surface area contributed by atoms with E-state index in [9.17, 15) is 5.11 Å². The average molecular weight is 259 g/mol. The Kier molecular flexibility index (Phi) is 3.79. The molecule has 0 amide bonds. The van der Waals surface area contributed by atoms with Crippen molar-refractivity contribution in [3.8, 4) is 5.75 Å². The van der Waals surface area contributed by atoms with Gasteiger partial charge in [0.05, 0.1) is 23.1 Å². The number of hydrogen-bond donors (Lipinski definition) is 2. The van der Waals surface area contributed by atoms with E-state index in [0.29, 0.717) is 5.75 Å². The van der Waals surface area contributed by atoms with Gasteiger partial charge in [-0.25, -0.2) is 0 Å². The number of phenolic OH excluding ortho intramolecular Hbond substituents is 1. The number of nitrogens with zero attached hydrogens (tertiary/aromatic N) is 2. The Morgan fingerprint density at radius 2 is 1.89 bits per heavy atom. The van der Waals surface area contributed by atoms with E-state index in [4.69, 9.17) is 0 Å². The van der Waals surface area contributed by atoms with Crippen LogP contribution in [0.15, 0.2) is 24.3 Å². The molecule has 4 heteroatoms. The number of aromatic nitrogens is 2. The van der Waals surface area contributed by atoms with Gasteiger partial charge in [0.2, 0.25) is 0 Å². The van der Waals surface area contributed by atoms with Gasteiger partial charge < -0.3 is 10.4 Å². The summed E-state index contributed by atoms with van der Waals surface area (Å²) in [4.78, 5) is 0. The van der Waals surface area contributed by atoms with Crippen molar-refractivity contribution in [2.45, 2.75) is 33.2 Å². The highest BCUT2D eigenvalue weighted by atomic mass is 16.3. The van der Waals surface area contributed by atoms with Crippen LogP contribution in [0.25, 0.3) is 0 Å². The predicted molar refractivity (Wildman–Crippen MR) is 77.4 cm³/mol. The minimum absolute atomic E-state index is 0.224. The lowest BCUT2D eigenvalue weighted by Gasteiger charge is -2.19. The third kappa shape index (κ3) is 2.72. The van der Waals surface area contributed by atoms with Gasteiger partial charge in [-0.2, -0.15) is 5.10 Å². The number of phenols is 1. The summed E-state index contributed by atoms with van der Waals surface area (Å²) in [6, 6.07) is 7.59. The lowest BCUT2D eigenvalue weighted by Crippen LogP contribution is -2.10. The summed E-state index contributed by atoms with van der Waals surface area (Å²) >= 11 is 0. The van der Waals surface area contributed by atoms with E-state index in [0.717, 1.165) is 23.5 Å². The van der Waals surface area contributed by atoms with E-state index < -0.39 is 0 Å². The van der Waals surface area contributed by atoms with Crippen LogP contribution < -0.4 is 5.32 Å². The zero-order valence-corrected chi connectivity index (χ0v) is 11.9. The van der Waals surface area contributed by atoms with E-state index in [1.165, 1.54) is 5.56 Å². The van der Waals surface area contributed by atoms with Crippen LogP contribution in [-0.4, -0.2) is 14.9 Å². The molecular weight excluding hydrogens is 238 g/mol. The molecule has 0 fully saturated rings. The van der Waals surface area contributed by atoms with Crippen LogP contribution in [0.2, 0.25) is 0 Å². The second kappa shape index (κ2) is 5.34. The number of anilines is 1. The van der Waals surface area contributed by atoms with Crippen LogP contribution >= 0.6 is 0 Å². The molecule has 19 heavy (non-hydrogen) atoms. The highest BCUT2D eigenvalue weighted by Gasteiger charge is 2.15. The van der Waals surface area contributed by atoms with Crippen LogP contribution in [0.1, 0.15) is 36.3 Å². The van der Waals surface area contributed by atoms with Gasteiger partial charge in [0, 0.05) is 7.05 Å². The number of hydrogen-bond acceptors (Lipinski definition) is 3. The van der Waals surface area contributed by atoms with E-state index in [1.54, 1.807) is 12.1 Å². The molecule has 0 spiro atoms. The van der Waals surface area contributed by atoms with Crippen molar-refractivity contribution >= 4 is 5.69 Å². The smallest absolute Gasteiger partial charge is 0.115 e. The molecule has 1 unspecified atom stereocenters. The van der Waals surface area contributed by atoms with Crippen LogP contribution in [0, 0.1) is 13.8 Å². The summed E-state index contributed by atoms with van der Waals surface area (Å²) in [6.07, 6.45) is 0.971. The second-order valence-electron chi connectivity index (χ2n) is 4.87. The third-order valence-electron chi connectivity index (χ3n) is 3.53. The largest absolute Gasteiger partial charge is 0.508 e. The molecule has 0 aliphatic rings. The van der Waals surface area contributed by atoms with Crippen molar-refractivity contribution in [2.75, 3.05) is 5.32 Å². The summed E-state index contributed by atoms with van der Waals surface area (Å²) in [7, 11) is 1.95. The summed E-state index contributed by atoms with van der Waals surface area (Å²) in [6.45, 7) is 6.22. The Hall–Kier alpha value is -1.97. The van der Waals surface area contributed by atoms with E-state index >= 15 is 0 Å². The predicted octanol–water partition coefficient (Wildman–Crippen LogP) is 3.31. The normalized spacial score (nSPS) is 12.4. The number of aromatic hydroxyl groups is 1. The van der Waals surface area contributed by atoms with Gasteiger partial charge in [0.15, 0.2) is 0 Å². The summed E-state index contributed by atoms with van der Waals surface area (Å²) in [5, 5.41) is 17.3. The number of rotatable bonds is 4. The van der Waals surface area contributed by atoms with Gasteiger partial charge in [-0.05, 0) is 38.0 Å². The number of nitrogens with one attached hydrogen (secondary N) is 1. The van der Waals surface area contributed by atoms with Gasteiger partial charge in [-0.15, -0.1) is 0 Å². The van der Waals surface area contributed by atoms with Crippen molar-refractivity contribution in [3.63, 3.8) is 0 Å². The van der Waals surface area contributed by atoms with Crippen molar-refractivity contribution < 1.29 is 5.11 Å². The van der Waals surface area contributed by atoms with Crippen LogP contribution in [-0.2, 0) is 7.05 Å². The molecule has 1 atom stereocenters. The average Bonchev–Trinajstić information content (AvgIpc) is 2.63. The van der Waals surface area contributed by atoms with Gasteiger partial charge in [0.25, 0.3) is 0 Å². The Morgan fingerprint density at radius 3 is 2.37 bits per heavy atom. The molecule has 2 rings (SSSR count). The molecule has 0 aliphatic carbocycles. The second-order valence-corrected chi connectivity index (χ2v) is 4.87. The van der Waals surface area contributed by atoms with Crippen molar-refractivity contribution in [2.24, 2.45) is 7.05 Å². The molecule has 4 nitrogen and oxygen atoms in total. The number of benzene rings is 1. The van der Waals surface area contributed by atoms with Gasteiger partial charge in [0.1, 0.15) is 5.75 Å². The molecule has 1 aromatic heterocycles. The molecule has 0 radical (unpaired) electrons. The molecule has 2 aromatic rings. The van der Waals surface area contributed by atoms with Crippen LogP contribution in [0.3, 0.4) is 0 Å². The van der Waals surface area contributed by atoms with E-state index in [1.807, 2.05) is 30.8 Å². The fourth-order valence-corrected chi connectivity index (χ4v) is 2.28. The maximum absolute atomic E-state index is 9.36. The fraction of sp³-hybridized carbons (Fsp3) is 0.400. The highest BCUT2D eigenvalue weighted by Crippen LogP contribution is 2.27. The lowest BCUT2D eigenvalue weighted by atomic mass is 10.0. The molecule has 0 bridgehead atoms. The molecule has 0 saturated carbocycles. The molecule has 0 saturated heterocycles. The van der Waals surface area contributed by atoms with Crippen molar-refractivity contribution in [3.05, 3.63) is 41.2 Å². The Balaban J connectivity index is 2.26. The Labute approximate surface area is 114 Å². The van der Waals surface area contributed by atoms with Gasteiger partial charge in [-0.1, -0.05) is 19.1 Å². The zero-order valence-electron chi connectivity index (χ0n) is 11.9. The number of aryl methyl sites for hydroxylation is 2. The fourth-order valence-electron chi connectivity index (χ4n) is 2.28. The zero-order chi connectivity index (χ0) is 14.0. The maximum Gasteiger partial charge on any atom is 0.115 e. The van der Waals surface area contributed by atoms with Crippen LogP contribution in [0.4, 0.5) is 5.69 Å². The first-order chi connectivity index (χ1) is 9.02. The molecule has 1 aromatic carbocycles. The van der Waals surface area contributed by atoms with E-state index in [-0.39, 0.29) is 6.04 Å². The first-order valence-corrected chi connectivity index (χ1v) is 6.58.